The summed E-state index contributed by atoms with van der Waals surface area (Å²) >= 11 is 0. The molecular formula is C27H20F2N2O4S. The van der Waals surface area contributed by atoms with E-state index in [2.05, 4.69) is 11.8 Å². The Labute approximate surface area is 207 Å². The molecular weight excluding hydrogens is 486 g/mol. The van der Waals surface area contributed by atoms with Gasteiger partial charge >= 0.3 is 0 Å². The quantitative estimate of drug-likeness (QED) is 0.285. The van der Waals surface area contributed by atoms with Crippen molar-refractivity contribution < 1.29 is 27.0 Å². The first-order chi connectivity index (χ1) is 17.3. The predicted molar refractivity (Wildman–Crippen MR) is 130 cm³/mol. The maximum absolute atomic E-state index is 15.4. The van der Waals surface area contributed by atoms with E-state index < -0.39 is 21.7 Å². The summed E-state index contributed by atoms with van der Waals surface area (Å²) in [6.07, 6.45) is 2.02. The molecule has 3 aromatic carbocycles. The number of halogens is 2. The van der Waals surface area contributed by atoms with Gasteiger partial charge in [-0.2, -0.15) is 5.26 Å². The second-order valence-corrected chi connectivity index (χ2v) is 9.72. The minimum Gasteiger partial charge on any atom is -0.453 e. The smallest absolute Gasteiger partial charge is 0.268 e. The Morgan fingerprint density at radius 1 is 1.06 bits per heavy atom. The van der Waals surface area contributed by atoms with Crippen LogP contribution in [0.25, 0.3) is 10.9 Å². The van der Waals surface area contributed by atoms with Crippen LogP contribution in [-0.2, 0) is 10.0 Å². The molecule has 0 aliphatic carbocycles. The number of aryl methyl sites for hydroxylation is 1. The van der Waals surface area contributed by atoms with Gasteiger partial charge in [0, 0.05) is 36.7 Å². The molecule has 6 nitrogen and oxygen atoms in total. The van der Waals surface area contributed by atoms with Crippen LogP contribution in [0, 0.1) is 41.7 Å². The number of aliphatic hydroxyl groups excluding tert-OH is 1. The van der Waals surface area contributed by atoms with E-state index in [4.69, 9.17) is 15.1 Å². The van der Waals surface area contributed by atoms with Crippen molar-refractivity contribution in [3.05, 3.63) is 89.1 Å². The van der Waals surface area contributed by atoms with Crippen molar-refractivity contribution in [3.63, 3.8) is 0 Å². The molecule has 36 heavy (non-hydrogen) atoms. The fourth-order valence-corrected chi connectivity index (χ4v) is 4.89. The molecule has 0 radical (unpaired) electrons. The van der Waals surface area contributed by atoms with E-state index in [0.717, 1.165) is 27.7 Å². The van der Waals surface area contributed by atoms with E-state index >= 15 is 4.39 Å². The molecule has 4 rings (SSSR count). The highest BCUT2D eigenvalue weighted by Gasteiger charge is 2.23. The van der Waals surface area contributed by atoms with Crippen LogP contribution in [0.4, 0.5) is 8.78 Å². The Morgan fingerprint density at radius 2 is 1.81 bits per heavy atom. The van der Waals surface area contributed by atoms with Crippen LogP contribution in [0.2, 0.25) is 0 Å². The molecule has 0 amide bonds. The van der Waals surface area contributed by atoms with E-state index in [1.807, 2.05) is 6.92 Å². The lowest BCUT2D eigenvalue weighted by Gasteiger charge is -2.13. The van der Waals surface area contributed by atoms with Gasteiger partial charge in [-0.05, 0) is 43.7 Å². The monoisotopic (exact) mass is 506 g/mol. The lowest BCUT2D eigenvalue weighted by Crippen LogP contribution is -2.12. The summed E-state index contributed by atoms with van der Waals surface area (Å²) in [5.74, 6) is 3.75. The molecule has 0 aliphatic rings. The molecule has 0 fully saturated rings. The van der Waals surface area contributed by atoms with Crippen molar-refractivity contribution in [3.8, 4) is 29.4 Å². The van der Waals surface area contributed by atoms with Crippen molar-refractivity contribution in [2.45, 2.75) is 24.7 Å². The number of hydrogen-bond acceptors (Lipinski definition) is 5. The Kier molecular flexibility index (Phi) is 7.07. The fraction of sp³-hybridized carbons (Fsp3) is 0.148. The first kappa shape index (κ1) is 24.9. The van der Waals surface area contributed by atoms with E-state index in [9.17, 15) is 12.8 Å². The van der Waals surface area contributed by atoms with Gasteiger partial charge in [-0.25, -0.2) is 21.2 Å². The second-order valence-electron chi connectivity index (χ2n) is 7.91. The van der Waals surface area contributed by atoms with Gasteiger partial charge in [0.1, 0.15) is 17.6 Å². The highest BCUT2D eigenvalue weighted by Crippen LogP contribution is 2.36. The number of benzene rings is 3. The molecule has 1 N–H and O–H groups in total. The number of aliphatic hydroxyl groups is 1. The number of ether oxygens (including phenoxy) is 1. The Morgan fingerprint density at radius 3 is 2.50 bits per heavy atom. The van der Waals surface area contributed by atoms with Gasteiger partial charge in [-0.3, -0.25) is 0 Å². The molecule has 0 saturated heterocycles. The van der Waals surface area contributed by atoms with Crippen LogP contribution in [0.3, 0.4) is 0 Å². The van der Waals surface area contributed by atoms with Crippen LogP contribution in [0.15, 0.2) is 65.7 Å². The topological polar surface area (TPSA) is 92.3 Å². The van der Waals surface area contributed by atoms with Gasteiger partial charge in [0.15, 0.2) is 11.6 Å². The number of rotatable bonds is 6. The first-order valence-electron chi connectivity index (χ1n) is 10.9. The van der Waals surface area contributed by atoms with Gasteiger partial charge in [-0.15, -0.1) is 0 Å². The number of unbranched alkanes of at least 4 members (excludes halogenated alkanes) is 1. The average Bonchev–Trinajstić information content (AvgIpc) is 3.29. The lowest BCUT2D eigenvalue weighted by molar-refractivity contribution is 0.290. The van der Waals surface area contributed by atoms with Crippen LogP contribution in [0.5, 0.6) is 11.5 Å². The Bertz CT molecular complexity index is 1660. The van der Waals surface area contributed by atoms with E-state index in [1.165, 1.54) is 30.5 Å². The summed E-state index contributed by atoms with van der Waals surface area (Å²) in [5.41, 5.74) is 0.757. The molecule has 182 valence electrons. The Hall–Kier alpha value is -4.18. The normalized spacial score (nSPS) is 11.1. The molecule has 0 atom stereocenters. The summed E-state index contributed by atoms with van der Waals surface area (Å²) in [5, 5.41) is 18.5. The second kappa shape index (κ2) is 10.2. The standard InChI is InChI=1S/C27H20F2N2O4S/c1-18-6-9-21(10-7-18)36(33,34)31-13-12-22-23(5-3-2-4-14-32)27(25(29)16-26(22)31)35-20-8-11-24(28)19(15-20)17-30/h6-13,15-16,32H,2,4,14H2,1H3. The largest absolute Gasteiger partial charge is 0.453 e. The molecule has 0 saturated carbocycles. The molecule has 9 heteroatoms. The molecule has 1 aromatic heterocycles. The van der Waals surface area contributed by atoms with Gasteiger partial charge < -0.3 is 9.84 Å². The minimum absolute atomic E-state index is 0.0105. The zero-order chi connectivity index (χ0) is 25.9. The zero-order valence-electron chi connectivity index (χ0n) is 19.1. The fourth-order valence-electron chi connectivity index (χ4n) is 3.55. The van der Waals surface area contributed by atoms with E-state index in [1.54, 1.807) is 18.2 Å². The molecule has 1 heterocycles. The van der Waals surface area contributed by atoms with Crippen molar-refractivity contribution in [1.29, 1.82) is 5.26 Å². The maximum atomic E-state index is 15.4. The third-order valence-corrected chi connectivity index (χ3v) is 7.10. The zero-order valence-corrected chi connectivity index (χ0v) is 19.9. The third kappa shape index (κ3) is 4.80. The SMILES string of the molecule is Cc1ccc(S(=O)(=O)n2ccc3c(C#CCCCO)c(Oc4ccc(F)c(C#N)c4)c(F)cc32)cc1. The summed E-state index contributed by atoms with van der Waals surface area (Å²) in [6.45, 7) is 1.76. The number of fused-ring (bicyclic) bond motifs is 1. The summed E-state index contributed by atoms with van der Waals surface area (Å²) < 4.78 is 62.4. The molecule has 0 unspecified atom stereocenters. The first-order valence-corrected chi connectivity index (χ1v) is 12.3. The molecule has 0 aliphatic heterocycles. The lowest BCUT2D eigenvalue weighted by atomic mass is 10.1. The van der Waals surface area contributed by atoms with Gasteiger partial charge in [-0.1, -0.05) is 29.5 Å². The maximum Gasteiger partial charge on any atom is 0.268 e. The highest BCUT2D eigenvalue weighted by molar-refractivity contribution is 7.90. The Balaban J connectivity index is 1.89. The summed E-state index contributed by atoms with van der Waals surface area (Å²) in [4.78, 5) is 0.0391. The molecule has 0 spiro atoms. The average molecular weight is 507 g/mol. The van der Waals surface area contributed by atoms with E-state index in [-0.39, 0.29) is 39.6 Å². The number of nitriles is 1. The molecule has 4 aromatic rings. The van der Waals surface area contributed by atoms with Crippen molar-refractivity contribution >= 4 is 20.9 Å². The summed E-state index contributed by atoms with van der Waals surface area (Å²) in [7, 11) is -4.04. The summed E-state index contributed by atoms with van der Waals surface area (Å²) in [6, 6.07) is 13.9. The van der Waals surface area contributed by atoms with Crippen molar-refractivity contribution in [2.24, 2.45) is 0 Å². The van der Waals surface area contributed by atoms with Crippen LogP contribution < -0.4 is 4.74 Å². The highest BCUT2D eigenvalue weighted by atomic mass is 32.2. The number of nitrogens with zero attached hydrogens (tertiary/aromatic N) is 2. The third-order valence-electron chi connectivity index (χ3n) is 5.40. The van der Waals surface area contributed by atoms with Crippen LogP contribution >= 0.6 is 0 Å². The number of aromatic nitrogens is 1. The predicted octanol–water partition coefficient (Wildman–Crippen LogP) is 5.25. The number of hydrogen-bond donors (Lipinski definition) is 1. The van der Waals surface area contributed by atoms with Crippen molar-refractivity contribution in [1.82, 2.24) is 3.97 Å². The van der Waals surface area contributed by atoms with Crippen LogP contribution in [0.1, 0.15) is 29.5 Å². The van der Waals surface area contributed by atoms with E-state index in [0.29, 0.717) is 18.2 Å². The van der Waals surface area contributed by atoms with Crippen molar-refractivity contribution in [2.75, 3.05) is 6.61 Å². The van der Waals surface area contributed by atoms with Gasteiger partial charge in [0.05, 0.1) is 21.5 Å². The molecule has 0 bridgehead atoms. The minimum atomic E-state index is -4.04. The van der Waals surface area contributed by atoms with Gasteiger partial charge in [0.25, 0.3) is 10.0 Å². The van der Waals surface area contributed by atoms with Crippen LogP contribution in [-0.4, -0.2) is 24.1 Å². The van der Waals surface area contributed by atoms with Gasteiger partial charge in [0.2, 0.25) is 0 Å².